The van der Waals surface area contributed by atoms with E-state index in [4.69, 9.17) is 0 Å². The molecule has 1 aliphatic heterocycles. The van der Waals surface area contributed by atoms with E-state index in [0.717, 1.165) is 26.2 Å². The van der Waals surface area contributed by atoms with Crippen LogP contribution in [0.5, 0.6) is 0 Å². The molecular formula is C14H29N3O. The number of amides is 1. The first-order valence-electron chi connectivity index (χ1n) is 7.27. The molecule has 1 atom stereocenters. The van der Waals surface area contributed by atoms with Gasteiger partial charge in [-0.05, 0) is 11.8 Å². The van der Waals surface area contributed by atoms with Crippen molar-refractivity contribution in [2.75, 3.05) is 26.2 Å². The summed E-state index contributed by atoms with van der Waals surface area (Å²) in [5.41, 5.74) is 0.201. The van der Waals surface area contributed by atoms with Crippen molar-refractivity contribution in [2.45, 2.75) is 52.5 Å². The minimum atomic E-state index is -0.0646. The van der Waals surface area contributed by atoms with Crippen molar-refractivity contribution in [3.05, 3.63) is 0 Å². The second kappa shape index (κ2) is 7.74. The molecule has 1 saturated heterocycles. The number of carbonyl (C=O) groups excluding carboxylic acids is 1. The number of piperazine rings is 1. The first kappa shape index (κ1) is 15.4. The molecule has 106 valence electrons. The summed E-state index contributed by atoms with van der Waals surface area (Å²) < 4.78 is 0. The summed E-state index contributed by atoms with van der Waals surface area (Å²) in [4.78, 5) is 12.0. The quantitative estimate of drug-likeness (QED) is 0.601. The topological polar surface area (TPSA) is 53.2 Å². The van der Waals surface area contributed by atoms with Gasteiger partial charge in [-0.3, -0.25) is 4.79 Å². The van der Waals surface area contributed by atoms with Crippen LogP contribution >= 0.6 is 0 Å². The van der Waals surface area contributed by atoms with Gasteiger partial charge < -0.3 is 16.0 Å². The predicted octanol–water partition coefficient (Wildman–Crippen LogP) is 1.27. The van der Waals surface area contributed by atoms with Crippen LogP contribution in [0.1, 0.15) is 46.5 Å². The zero-order valence-electron chi connectivity index (χ0n) is 12.1. The third-order valence-electron chi connectivity index (χ3n) is 3.56. The number of hydrogen-bond acceptors (Lipinski definition) is 3. The Balaban J connectivity index is 2.23. The van der Waals surface area contributed by atoms with Gasteiger partial charge in [-0.1, -0.05) is 40.0 Å². The molecule has 18 heavy (non-hydrogen) atoms. The van der Waals surface area contributed by atoms with Crippen molar-refractivity contribution in [2.24, 2.45) is 5.41 Å². The highest BCUT2D eigenvalue weighted by Gasteiger charge is 2.23. The molecule has 0 aliphatic carbocycles. The Morgan fingerprint density at radius 3 is 2.72 bits per heavy atom. The van der Waals surface area contributed by atoms with Crippen LogP contribution in [0, 0.1) is 5.41 Å². The van der Waals surface area contributed by atoms with E-state index in [9.17, 15) is 4.79 Å². The van der Waals surface area contributed by atoms with Gasteiger partial charge in [-0.15, -0.1) is 0 Å². The maximum absolute atomic E-state index is 12.0. The minimum Gasteiger partial charge on any atom is -0.354 e. The van der Waals surface area contributed by atoms with Crippen LogP contribution in [0.4, 0.5) is 0 Å². The standard InChI is InChI=1S/C14H29N3O/c1-4-5-6-7-14(2,3)11-17-13(18)12-10-15-8-9-16-12/h12,15-16H,4-11H2,1-3H3,(H,17,18). The maximum atomic E-state index is 12.0. The summed E-state index contributed by atoms with van der Waals surface area (Å²) in [7, 11) is 0. The van der Waals surface area contributed by atoms with Crippen LogP contribution in [-0.2, 0) is 4.79 Å². The molecule has 0 aromatic carbocycles. The summed E-state index contributed by atoms with van der Waals surface area (Å²) in [6.07, 6.45) is 4.96. The Morgan fingerprint density at radius 2 is 2.11 bits per heavy atom. The lowest BCUT2D eigenvalue weighted by Gasteiger charge is -2.28. The Hall–Kier alpha value is -0.610. The Bertz CT molecular complexity index is 247. The van der Waals surface area contributed by atoms with E-state index in [2.05, 4.69) is 36.7 Å². The van der Waals surface area contributed by atoms with Crippen LogP contribution in [0.25, 0.3) is 0 Å². The lowest BCUT2D eigenvalue weighted by Crippen LogP contribution is -2.56. The monoisotopic (exact) mass is 255 g/mol. The van der Waals surface area contributed by atoms with E-state index in [1.807, 2.05) is 0 Å². The fourth-order valence-electron chi connectivity index (χ4n) is 2.23. The summed E-state index contributed by atoms with van der Waals surface area (Å²) >= 11 is 0. The van der Waals surface area contributed by atoms with E-state index in [-0.39, 0.29) is 17.4 Å². The zero-order valence-corrected chi connectivity index (χ0v) is 12.1. The zero-order chi connectivity index (χ0) is 13.4. The SMILES string of the molecule is CCCCCC(C)(C)CNC(=O)C1CNCCN1. The van der Waals surface area contributed by atoms with Crippen LogP contribution < -0.4 is 16.0 Å². The van der Waals surface area contributed by atoms with Crippen molar-refractivity contribution in [3.63, 3.8) is 0 Å². The molecule has 0 aromatic heterocycles. The average Bonchev–Trinajstić information content (AvgIpc) is 2.37. The molecule has 1 rings (SSSR count). The van der Waals surface area contributed by atoms with Crippen LogP contribution in [0.15, 0.2) is 0 Å². The van der Waals surface area contributed by atoms with Crippen LogP contribution in [0.2, 0.25) is 0 Å². The van der Waals surface area contributed by atoms with Gasteiger partial charge in [-0.2, -0.15) is 0 Å². The molecule has 0 bridgehead atoms. The summed E-state index contributed by atoms with van der Waals surface area (Å²) in [6.45, 7) is 10.0. The Morgan fingerprint density at radius 1 is 1.33 bits per heavy atom. The highest BCUT2D eigenvalue weighted by Crippen LogP contribution is 2.22. The van der Waals surface area contributed by atoms with E-state index in [1.165, 1.54) is 25.7 Å². The average molecular weight is 255 g/mol. The number of carbonyl (C=O) groups is 1. The number of hydrogen-bond donors (Lipinski definition) is 3. The maximum Gasteiger partial charge on any atom is 0.238 e. The van der Waals surface area contributed by atoms with Gasteiger partial charge in [0.1, 0.15) is 0 Å². The third kappa shape index (κ3) is 5.83. The van der Waals surface area contributed by atoms with Crippen molar-refractivity contribution in [1.82, 2.24) is 16.0 Å². The Labute approximate surface area is 111 Å². The summed E-state index contributed by atoms with van der Waals surface area (Å²) in [6, 6.07) is -0.0646. The van der Waals surface area contributed by atoms with Gasteiger partial charge in [0.15, 0.2) is 0 Å². The molecule has 1 aliphatic rings. The van der Waals surface area contributed by atoms with Crippen molar-refractivity contribution in [3.8, 4) is 0 Å². The van der Waals surface area contributed by atoms with Gasteiger partial charge in [0.05, 0.1) is 6.04 Å². The number of rotatable bonds is 7. The lowest BCUT2D eigenvalue weighted by atomic mass is 9.87. The first-order valence-corrected chi connectivity index (χ1v) is 7.27. The molecule has 1 fully saturated rings. The van der Waals surface area contributed by atoms with Gasteiger partial charge in [0, 0.05) is 26.2 Å². The van der Waals surface area contributed by atoms with Crippen molar-refractivity contribution >= 4 is 5.91 Å². The highest BCUT2D eigenvalue weighted by atomic mass is 16.2. The van der Waals surface area contributed by atoms with E-state index < -0.39 is 0 Å². The summed E-state index contributed by atoms with van der Waals surface area (Å²) in [5, 5.41) is 9.54. The first-order chi connectivity index (χ1) is 8.55. The molecular weight excluding hydrogens is 226 g/mol. The van der Waals surface area contributed by atoms with Gasteiger partial charge in [0.2, 0.25) is 5.91 Å². The third-order valence-corrected chi connectivity index (χ3v) is 3.56. The molecule has 1 amide bonds. The van der Waals surface area contributed by atoms with Gasteiger partial charge in [-0.25, -0.2) is 0 Å². The lowest BCUT2D eigenvalue weighted by molar-refractivity contribution is -0.123. The fourth-order valence-corrected chi connectivity index (χ4v) is 2.23. The molecule has 1 heterocycles. The minimum absolute atomic E-state index is 0.0646. The highest BCUT2D eigenvalue weighted by molar-refractivity contribution is 5.82. The van der Waals surface area contributed by atoms with Crippen molar-refractivity contribution < 1.29 is 4.79 Å². The Kier molecular flexibility index (Phi) is 6.65. The molecule has 0 aromatic rings. The molecule has 0 radical (unpaired) electrons. The normalized spacial score (nSPS) is 20.7. The molecule has 3 N–H and O–H groups in total. The summed E-state index contributed by atoms with van der Waals surface area (Å²) in [5.74, 6) is 0.130. The fraction of sp³-hybridized carbons (Fsp3) is 0.929. The molecule has 4 heteroatoms. The number of unbranched alkanes of at least 4 members (excludes halogenated alkanes) is 2. The van der Waals surface area contributed by atoms with Crippen molar-refractivity contribution in [1.29, 1.82) is 0 Å². The van der Waals surface area contributed by atoms with Crippen LogP contribution in [0.3, 0.4) is 0 Å². The van der Waals surface area contributed by atoms with Crippen LogP contribution in [-0.4, -0.2) is 38.1 Å². The molecule has 0 spiro atoms. The van der Waals surface area contributed by atoms with E-state index in [1.54, 1.807) is 0 Å². The number of nitrogens with one attached hydrogen (secondary N) is 3. The van der Waals surface area contributed by atoms with Gasteiger partial charge in [0.25, 0.3) is 0 Å². The van der Waals surface area contributed by atoms with Gasteiger partial charge >= 0.3 is 0 Å². The second-order valence-corrected chi connectivity index (χ2v) is 6.05. The predicted molar refractivity (Wildman–Crippen MR) is 75.6 cm³/mol. The molecule has 0 saturated carbocycles. The smallest absolute Gasteiger partial charge is 0.238 e. The largest absolute Gasteiger partial charge is 0.354 e. The molecule has 4 nitrogen and oxygen atoms in total. The van der Waals surface area contributed by atoms with E-state index in [0.29, 0.717) is 0 Å². The molecule has 1 unspecified atom stereocenters. The van der Waals surface area contributed by atoms with E-state index >= 15 is 0 Å². The second-order valence-electron chi connectivity index (χ2n) is 6.05.